The summed E-state index contributed by atoms with van der Waals surface area (Å²) < 4.78 is 5.71. The van der Waals surface area contributed by atoms with Gasteiger partial charge in [-0.3, -0.25) is 10.1 Å². The van der Waals surface area contributed by atoms with Crippen LogP contribution in [-0.4, -0.2) is 4.92 Å². The van der Waals surface area contributed by atoms with Crippen LogP contribution in [0.4, 0.5) is 5.69 Å². The molecule has 0 aromatic heterocycles. The number of alkyl halides is 1. The molecule has 0 N–H and O–H groups in total. The molecule has 98 valence electrons. The largest absolute Gasteiger partial charge is 0.457 e. The van der Waals surface area contributed by atoms with Gasteiger partial charge in [-0.05, 0) is 36.2 Å². The molecule has 0 aliphatic rings. The standard InChI is InChI=1S/C14H12BrNO3/c1-10-8-11(9-15)2-7-14(10)19-13-5-3-12(4-6-13)16(17)18/h2-8H,9H2,1H3. The van der Waals surface area contributed by atoms with Crippen molar-refractivity contribution in [1.29, 1.82) is 0 Å². The highest BCUT2D eigenvalue weighted by atomic mass is 79.9. The molecule has 0 saturated heterocycles. The Morgan fingerprint density at radius 2 is 1.89 bits per heavy atom. The van der Waals surface area contributed by atoms with E-state index in [0.717, 1.165) is 16.6 Å². The Hall–Kier alpha value is -1.88. The van der Waals surface area contributed by atoms with Crippen LogP contribution in [0.15, 0.2) is 42.5 Å². The Morgan fingerprint density at radius 3 is 2.42 bits per heavy atom. The summed E-state index contributed by atoms with van der Waals surface area (Å²) in [6.45, 7) is 1.97. The summed E-state index contributed by atoms with van der Waals surface area (Å²) in [5.41, 5.74) is 2.25. The molecule has 4 nitrogen and oxygen atoms in total. The lowest BCUT2D eigenvalue weighted by atomic mass is 10.1. The number of benzene rings is 2. The highest BCUT2D eigenvalue weighted by Gasteiger charge is 2.06. The van der Waals surface area contributed by atoms with Crippen molar-refractivity contribution < 1.29 is 9.66 Å². The molecule has 0 fully saturated rings. The van der Waals surface area contributed by atoms with Crippen LogP contribution in [0.3, 0.4) is 0 Å². The van der Waals surface area contributed by atoms with Gasteiger partial charge in [0.25, 0.3) is 5.69 Å². The molecule has 0 bridgehead atoms. The van der Waals surface area contributed by atoms with E-state index in [1.54, 1.807) is 12.1 Å². The summed E-state index contributed by atoms with van der Waals surface area (Å²) >= 11 is 3.40. The van der Waals surface area contributed by atoms with Crippen LogP contribution in [-0.2, 0) is 5.33 Å². The van der Waals surface area contributed by atoms with E-state index in [-0.39, 0.29) is 5.69 Å². The van der Waals surface area contributed by atoms with E-state index in [0.29, 0.717) is 5.75 Å². The first kappa shape index (κ1) is 13.5. The van der Waals surface area contributed by atoms with Gasteiger partial charge in [-0.25, -0.2) is 0 Å². The first-order valence-electron chi connectivity index (χ1n) is 5.68. The third-order valence-electron chi connectivity index (χ3n) is 2.67. The van der Waals surface area contributed by atoms with Gasteiger partial charge >= 0.3 is 0 Å². The Labute approximate surface area is 119 Å². The second-order valence-electron chi connectivity index (χ2n) is 4.09. The second kappa shape index (κ2) is 5.84. The van der Waals surface area contributed by atoms with Gasteiger partial charge in [0, 0.05) is 17.5 Å². The van der Waals surface area contributed by atoms with Gasteiger partial charge in [0.1, 0.15) is 11.5 Å². The molecule has 0 aliphatic heterocycles. The number of ether oxygens (including phenoxy) is 1. The molecular formula is C14H12BrNO3. The minimum absolute atomic E-state index is 0.0544. The number of nitro benzene ring substituents is 1. The third kappa shape index (κ3) is 3.32. The van der Waals surface area contributed by atoms with Crippen molar-refractivity contribution in [3.63, 3.8) is 0 Å². The Balaban J connectivity index is 2.19. The van der Waals surface area contributed by atoms with Crippen LogP contribution in [0.1, 0.15) is 11.1 Å². The number of aryl methyl sites for hydroxylation is 1. The fraction of sp³-hybridized carbons (Fsp3) is 0.143. The summed E-state index contributed by atoms with van der Waals surface area (Å²) in [6.07, 6.45) is 0. The van der Waals surface area contributed by atoms with E-state index >= 15 is 0 Å². The predicted molar refractivity (Wildman–Crippen MR) is 77.0 cm³/mol. The zero-order chi connectivity index (χ0) is 13.8. The molecule has 0 aliphatic carbocycles. The molecule has 0 radical (unpaired) electrons. The van der Waals surface area contributed by atoms with Crippen LogP contribution in [0.2, 0.25) is 0 Å². The molecule has 0 atom stereocenters. The molecule has 2 aromatic rings. The molecule has 2 rings (SSSR count). The highest BCUT2D eigenvalue weighted by molar-refractivity contribution is 9.08. The van der Waals surface area contributed by atoms with E-state index in [2.05, 4.69) is 15.9 Å². The Kier molecular flexibility index (Phi) is 4.16. The van der Waals surface area contributed by atoms with Gasteiger partial charge in [0.05, 0.1) is 4.92 Å². The minimum Gasteiger partial charge on any atom is -0.457 e. The number of nitro groups is 1. The average molecular weight is 322 g/mol. The summed E-state index contributed by atoms with van der Waals surface area (Å²) in [5, 5.41) is 11.4. The van der Waals surface area contributed by atoms with Crippen LogP contribution in [0.5, 0.6) is 11.5 Å². The lowest BCUT2D eigenvalue weighted by molar-refractivity contribution is -0.384. The summed E-state index contributed by atoms with van der Waals surface area (Å²) in [6, 6.07) is 12.0. The van der Waals surface area contributed by atoms with E-state index < -0.39 is 4.92 Å². The predicted octanol–water partition coefficient (Wildman–Crippen LogP) is 4.59. The van der Waals surface area contributed by atoms with Crippen molar-refractivity contribution in [3.8, 4) is 11.5 Å². The van der Waals surface area contributed by atoms with Crippen LogP contribution >= 0.6 is 15.9 Å². The smallest absolute Gasteiger partial charge is 0.269 e. The van der Waals surface area contributed by atoms with Gasteiger partial charge in [-0.15, -0.1) is 0 Å². The first-order valence-corrected chi connectivity index (χ1v) is 6.80. The van der Waals surface area contributed by atoms with Crippen molar-refractivity contribution in [3.05, 3.63) is 63.7 Å². The number of hydrogen-bond acceptors (Lipinski definition) is 3. The molecule has 2 aromatic carbocycles. The summed E-state index contributed by atoms with van der Waals surface area (Å²) in [5.74, 6) is 1.33. The van der Waals surface area contributed by atoms with E-state index in [1.807, 2.05) is 25.1 Å². The Bertz CT molecular complexity index is 596. The number of hydrogen-bond donors (Lipinski definition) is 0. The molecule has 0 saturated carbocycles. The maximum Gasteiger partial charge on any atom is 0.269 e. The summed E-state index contributed by atoms with van der Waals surface area (Å²) in [4.78, 5) is 10.1. The normalized spacial score (nSPS) is 10.2. The maximum atomic E-state index is 10.6. The van der Waals surface area contributed by atoms with E-state index in [4.69, 9.17) is 4.74 Å². The van der Waals surface area contributed by atoms with Crippen molar-refractivity contribution in [2.45, 2.75) is 12.3 Å². The first-order chi connectivity index (χ1) is 9.10. The van der Waals surface area contributed by atoms with Crippen LogP contribution < -0.4 is 4.74 Å². The molecule has 0 unspecified atom stereocenters. The van der Waals surface area contributed by atoms with Gasteiger partial charge in [-0.1, -0.05) is 28.1 Å². The molecule has 5 heteroatoms. The van der Waals surface area contributed by atoms with Crippen molar-refractivity contribution in [2.75, 3.05) is 0 Å². The monoisotopic (exact) mass is 321 g/mol. The lowest BCUT2D eigenvalue weighted by Gasteiger charge is -2.09. The molecule has 0 amide bonds. The highest BCUT2D eigenvalue weighted by Crippen LogP contribution is 2.27. The molecule has 19 heavy (non-hydrogen) atoms. The second-order valence-corrected chi connectivity index (χ2v) is 4.65. The van der Waals surface area contributed by atoms with Crippen LogP contribution in [0.25, 0.3) is 0 Å². The average Bonchev–Trinajstić information content (AvgIpc) is 2.41. The van der Waals surface area contributed by atoms with Crippen LogP contribution in [0, 0.1) is 17.0 Å². The molecular weight excluding hydrogens is 310 g/mol. The van der Waals surface area contributed by atoms with Gasteiger partial charge in [0.15, 0.2) is 0 Å². The number of nitrogens with zero attached hydrogens (tertiary/aromatic N) is 1. The fourth-order valence-corrected chi connectivity index (χ4v) is 2.02. The number of rotatable bonds is 4. The Morgan fingerprint density at radius 1 is 1.21 bits per heavy atom. The molecule has 0 heterocycles. The molecule has 0 spiro atoms. The lowest BCUT2D eigenvalue weighted by Crippen LogP contribution is -1.90. The number of halogens is 1. The maximum absolute atomic E-state index is 10.6. The number of non-ortho nitro benzene ring substituents is 1. The van der Waals surface area contributed by atoms with Gasteiger partial charge < -0.3 is 4.74 Å². The SMILES string of the molecule is Cc1cc(CBr)ccc1Oc1ccc([N+](=O)[O-])cc1. The quantitative estimate of drug-likeness (QED) is 0.470. The van der Waals surface area contributed by atoms with Crippen molar-refractivity contribution >= 4 is 21.6 Å². The fourth-order valence-electron chi connectivity index (χ4n) is 1.67. The van der Waals surface area contributed by atoms with Crippen molar-refractivity contribution in [1.82, 2.24) is 0 Å². The topological polar surface area (TPSA) is 52.4 Å². The zero-order valence-corrected chi connectivity index (χ0v) is 11.9. The van der Waals surface area contributed by atoms with E-state index in [9.17, 15) is 10.1 Å². The minimum atomic E-state index is -0.431. The van der Waals surface area contributed by atoms with Crippen molar-refractivity contribution in [2.24, 2.45) is 0 Å². The summed E-state index contributed by atoms with van der Waals surface area (Å²) in [7, 11) is 0. The third-order valence-corrected chi connectivity index (χ3v) is 3.32. The van der Waals surface area contributed by atoms with E-state index in [1.165, 1.54) is 17.7 Å². The zero-order valence-electron chi connectivity index (χ0n) is 10.3. The van der Waals surface area contributed by atoms with Gasteiger partial charge in [-0.2, -0.15) is 0 Å². The van der Waals surface area contributed by atoms with Gasteiger partial charge in [0.2, 0.25) is 0 Å².